The number of sulfonamides is 1. The molecule has 1 aliphatic rings. The number of carbonyl (C=O) groups is 1. The van der Waals surface area contributed by atoms with Gasteiger partial charge in [0.2, 0.25) is 10.0 Å². The van der Waals surface area contributed by atoms with Crippen molar-refractivity contribution in [2.45, 2.75) is 38.0 Å². The molecule has 1 fully saturated rings. The van der Waals surface area contributed by atoms with Crippen LogP contribution in [0.2, 0.25) is 0 Å². The molecule has 1 heterocycles. The van der Waals surface area contributed by atoms with E-state index in [1.54, 1.807) is 0 Å². The van der Waals surface area contributed by atoms with E-state index in [1.807, 2.05) is 6.92 Å². The Labute approximate surface area is 111 Å². The second-order valence-electron chi connectivity index (χ2n) is 5.01. The van der Waals surface area contributed by atoms with Crippen LogP contribution in [-0.2, 0) is 10.0 Å². The van der Waals surface area contributed by atoms with E-state index in [0.717, 1.165) is 19.3 Å². The van der Waals surface area contributed by atoms with E-state index < -0.39 is 21.7 Å². The maximum Gasteiger partial charge on any atom is 0.357 e. The van der Waals surface area contributed by atoms with E-state index in [2.05, 4.69) is 14.9 Å². The summed E-state index contributed by atoms with van der Waals surface area (Å²) in [5.41, 5.74) is -0.189. The second-order valence-corrected chi connectivity index (χ2v) is 6.71. The van der Waals surface area contributed by atoms with E-state index in [4.69, 9.17) is 5.11 Å². The number of aromatic carboxylic acids is 1. The fourth-order valence-electron chi connectivity index (χ4n) is 2.05. The van der Waals surface area contributed by atoms with Crippen molar-refractivity contribution in [1.82, 2.24) is 14.9 Å². The summed E-state index contributed by atoms with van der Waals surface area (Å²) in [5, 5.41) is 14.9. The van der Waals surface area contributed by atoms with E-state index in [1.165, 1.54) is 6.92 Å². The summed E-state index contributed by atoms with van der Waals surface area (Å²) in [6, 6.07) is 0. The molecule has 1 aromatic rings. The van der Waals surface area contributed by atoms with Crippen molar-refractivity contribution < 1.29 is 18.3 Å². The minimum Gasteiger partial charge on any atom is -0.476 e. The molecule has 0 aromatic carbocycles. The zero-order valence-corrected chi connectivity index (χ0v) is 11.7. The number of H-pyrrole nitrogens is 1. The van der Waals surface area contributed by atoms with Gasteiger partial charge in [-0.1, -0.05) is 6.92 Å². The molecule has 8 heteroatoms. The molecular weight excluding hydrogens is 270 g/mol. The molecule has 0 atom stereocenters. The molecule has 1 saturated carbocycles. The molecule has 1 aliphatic carbocycles. The molecule has 7 nitrogen and oxygen atoms in total. The predicted octanol–water partition coefficient (Wildman–Crippen LogP) is 0.885. The van der Waals surface area contributed by atoms with Gasteiger partial charge in [0.25, 0.3) is 0 Å². The topological polar surface area (TPSA) is 112 Å². The van der Waals surface area contributed by atoms with Gasteiger partial charge >= 0.3 is 5.97 Å². The van der Waals surface area contributed by atoms with Crippen LogP contribution >= 0.6 is 0 Å². The average Bonchev–Trinajstić information content (AvgIpc) is 3.02. The molecular formula is C11H17N3O4S. The highest BCUT2D eigenvalue weighted by Gasteiger charge is 2.42. The third kappa shape index (κ3) is 2.64. The number of hydrogen-bond donors (Lipinski definition) is 3. The zero-order valence-electron chi connectivity index (χ0n) is 10.9. The maximum absolute atomic E-state index is 12.2. The van der Waals surface area contributed by atoms with Gasteiger partial charge < -0.3 is 5.11 Å². The van der Waals surface area contributed by atoms with Crippen molar-refractivity contribution >= 4 is 16.0 Å². The SMILES string of the molecule is CCC1(CNS(=O)(=O)c2c(C(=O)O)n[nH]c2C)CC1. The van der Waals surface area contributed by atoms with Gasteiger partial charge in [0.15, 0.2) is 5.69 Å². The van der Waals surface area contributed by atoms with Crippen molar-refractivity contribution in [3.05, 3.63) is 11.4 Å². The lowest BCUT2D eigenvalue weighted by Crippen LogP contribution is -2.31. The quantitative estimate of drug-likeness (QED) is 0.719. The van der Waals surface area contributed by atoms with E-state index in [-0.39, 0.29) is 16.0 Å². The fraction of sp³-hybridized carbons (Fsp3) is 0.636. The van der Waals surface area contributed by atoms with Crippen LogP contribution in [-0.4, -0.2) is 36.2 Å². The Hall–Kier alpha value is -1.41. The molecule has 106 valence electrons. The Morgan fingerprint density at radius 3 is 2.63 bits per heavy atom. The number of nitrogens with one attached hydrogen (secondary N) is 2. The largest absolute Gasteiger partial charge is 0.476 e. The van der Waals surface area contributed by atoms with Gasteiger partial charge in [0.1, 0.15) is 4.90 Å². The van der Waals surface area contributed by atoms with Crippen LogP contribution in [0.3, 0.4) is 0 Å². The summed E-state index contributed by atoms with van der Waals surface area (Å²) >= 11 is 0. The molecule has 1 aromatic heterocycles. The van der Waals surface area contributed by atoms with E-state index >= 15 is 0 Å². The third-order valence-corrected chi connectivity index (χ3v) is 5.27. The lowest BCUT2D eigenvalue weighted by molar-refractivity contribution is 0.0686. The number of hydrogen-bond acceptors (Lipinski definition) is 4. The predicted molar refractivity (Wildman–Crippen MR) is 67.4 cm³/mol. The van der Waals surface area contributed by atoms with E-state index in [9.17, 15) is 13.2 Å². The first kappa shape index (κ1) is 14.0. The summed E-state index contributed by atoms with van der Waals surface area (Å²) in [5.74, 6) is -1.36. The summed E-state index contributed by atoms with van der Waals surface area (Å²) in [6.07, 6.45) is 2.91. The lowest BCUT2D eigenvalue weighted by Gasteiger charge is -2.13. The fourth-order valence-corrected chi connectivity index (χ4v) is 3.52. The number of aromatic nitrogens is 2. The second kappa shape index (κ2) is 4.61. The summed E-state index contributed by atoms with van der Waals surface area (Å²) in [4.78, 5) is 10.7. The van der Waals surface area contributed by atoms with Crippen molar-refractivity contribution in [3.8, 4) is 0 Å². The van der Waals surface area contributed by atoms with Gasteiger partial charge in [-0.25, -0.2) is 17.9 Å². The van der Waals surface area contributed by atoms with Gasteiger partial charge in [0, 0.05) is 6.54 Å². The molecule has 0 radical (unpaired) electrons. The lowest BCUT2D eigenvalue weighted by atomic mass is 10.1. The molecule has 0 spiro atoms. The molecule has 0 bridgehead atoms. The molecule has 3 N–H and O–H groups in total. The highest BCUT2D eigenvalue weighted by molar-refractivity contribution is 7.89. The Bertz CT molecular complexity index is 601. The van der Waals surface area contributed by atoms with Gasteiger partial charge in [-0.3, -0.25) is 5.10 Å². The number of aryl methyl sites for hydroxylation is 1. The smallest absolute Gasteiger partial charge is 0.357 e. The number of carboxylic acids is 1. The van der Waals surface area contributed by atoms with Crippen molar-refractivity contribution in [1.29, 1.82) is 0 Å². The maximum atomic E-state index is 12.2. The minimum absolute atomic E-state index is 0.0497. The number of nitrogens with zero attached hydrogens (tertiary/aromatic N) is 1. The first-order chi connectivity index (χ1) is 8.81. The zero-order chi connectivity index (χ0) is 14.3. The van der Waals surface area contributed by atoms with Gasteiger partial charge in [-0.05, 0) is 31.6 Å². The van der Waals surface area contributed by atoms with Gasteiger partial charge in [0.05, 0.1) is 5.69 Å². The van der Waals surface area contributed by atoms with Crippen molar-refractivity contribution in [3.63, 3.8) is 0 Å². The van der Waals surface area contributed by atoms with Crippen LogP contribution in [0.1, 0.15) is 42.4 Å². The van der Waals surface area contributed by atoms with Crippen LogP contribution in [0.15, 0.2) is 4.90 Å². The van der Waals surface area contributed by atoms with Gasteiger partial charge in [-0.2, -0.15) is 5.10 Å². The normalized spacial score (nSPS) is 17.4. The third-order valence-electron chi connectivity index (χ3n) is 3.71. The van der Waals surface area contributed by atoms with Crippen molar-refractivity contribution in [2.24, 2.45) is 5.41 Å². The molecule has 0 aliphatic heterocycles. The Kier molecular flexibility index (Phi) is 3.40. The van der Waals surface area contributed by atoms with Crippen LogP contribution in [0, 0.1) is 12.3 Å². The highest BCUT2D eigenvalue weighted by Crippen LogP contribution is 2.48. The number of carboxylic acid groups (broad SMARTS) is 1. The molecule has 0 unspecified atom stereocenters. The molecule has 2 rings (SSSR count). The Morgan fingerprint density at radius 2 is 2.16 bits per heavy atom. The Morgan fingerprint density at radius 1 is 1.53 bits per heavy atom. The summed E-state index contributed by atoms with van der Waals surface area (Å²) < 4.78 is 26.9. The molecule has 0 saturated heterocycles. The number of aromatic amines is 1. The number of rotatable bonds is 6. The van der Waals surface area contributed by atoms with Crippen LogP contribution in [0.25, 0.3) is 0 Å². The molecule has 0 amide bonds. The van der Waals surface area contributed by atoms with Crippen LogP contribution in [0.4, 0.5) is 0 Å². The highest BCUT2D eigenvalue weighted by atomic mass is 32.2. The van der Waals surface area contributed by atoms with Crippen LogP contribution < -0.4 is 4.72 Å². The monoisotopic (exact) mass is 287 g/mol. The average molecular weight is 287 g/mol. The van der Waals surface area contributed by atoms with Crippen LogP contribution in [0.5, 0.6) is 0 Å². The summed E-state index contributed by atoms with van der Waals surface area (Å²) in [7, 11) is -3.85. The van der Waals surface area contributed by atoms with E-state index in [0.29, 0.717) is 6.54 Å². The standard InChI is InChI=1S/C11H17N3O4S/c1-3-11(4-5-11)6-12-19(17,18)9-7(2)13-14-8(9)10(15)16/h12H,3-6H2,1-2H3,(H,13,14)(H,15,16). The first-order valence-corrected chi connectivity index (χ1v) is 7.57. The first-order valence-electron chi connectivity index (χ1n) is 6.09. The Balaban J connectivity index is 2.24. The minimum atomic E-state index is -3.85. The van der Waals surface area contributed by atoms with Gasteiger partial charge in [-0.15, -0.1) is 0 Å². The van der Waals surface area contributed by atoms with Crippen molar-refractivity contribution in [2.75, 3.05) is 6.54 Å². The summed E-state index contributed by atoms with van der Waals surface area (Å²) in [6.45, 7) is 3.85. The molecule has 19 heavy (non-hydrogen) atoms.